The molecule has 1 aliphatic heterocycles. The van der Waals surface area contributed by atoms with E-state index >= 15 is 0 Å². The predicted octanol–water partition coefficient (Wildman–Crippen LogP) is -2.94. The van der Waals surface area contributed by atoms with E-state index in [0.717, 1.165) is 19.2 Å². The van der Waals surface area contributed by atoms with Crippen LogP contribution in [0, 0.1) is 0 Å². The molecule has 22 heteroatoms. The highest BCUT2D eigenvalue weighted by Crippen LogP contribution is 2.60. The minimum atomic E-state index is -6.17. The van der Waals surface area contributed by atoms with Gasteiger partial charge in [-0.05, 0) is 6.42 Å². The lowest BCUT2D eigenvalue weighted by Gasteiger charge is -2.37. The number of imidazole rings is 1. The molecular formula is C14H21N6O13P3-4. The summed E-state index contributed by atoms with van der Waals surface area (Å²) in [4.78, 5) is 56.1. The van der Waals surface area contributed by atoms with Gasteiger partial charge in [0.2, 0.25) is 5.95 Å². The molecule has 0 amide bonds. The molecule has 0 aliphatic carbocycles. The maximum absolute atomic E-state index is 11.8. The third kappa shape index (κ3) is 7.05. The first-order valence-electron chi connectivity index (χ1n) is 10.1. The minimum Gasteiger partial charge on any atom is -0.790 e. The maximum atomic E-state index is 11.8. The number of nitrogen functional groups attached to an aromatic ring is 1. The van der Waals surface area contributed by atoms with Crippen LogP contribution in [0.3, 0.4) is 0 Å². The zero-order valence-corrected chi connectivity index (χ0v) is 21.0. The number of aromatic nitrogens is 4. The van der Waals surface area contributed by atoms with Gasteiger partial charge in [-0.15, -0.1) is 0 Å². The summed E-state index contributed by atoms with van der Waals surface area (Å²) in [6, 6.07) is 0. The Bertz CT molecular complexity index is 1220. The third-order valence-electron chi connectivity index (χ3n) is 4.71. The number of nitrogens with zero attached hydrogens (tertiary/aromatic N) is 4. The van der Waals surface area contributed by atoms with Gasteiger partial charge in [0.1, 0.15) is 24.6 Å². The Morgan fingerprint density at radius 1 is 1.14 bits per heavy atom. The first-order valence-corrected chi connectivity index (χ1v) is 14.5. The van der Waals surface area contributed by atoms with E-state index in [9.17, 15) is 43.5 Å². The minimum absolute atomic E-state index is 0.0135. The highest BCUT2D eigenvalue weighted by molar-refractivity contribution is 7.64. The van der Waals surface area contributed by atoms with E-state index in [4.69, 9.17) is 10.5 Å². The standard InChI is InChI=1S/C14H25N6O13P3/c1-2-3-4-16-14-19-8-11(15)17-6-18-12(8)20(14)13-10(22)9(21)7(31-13)5-30-35(26,27)33-36(28,29)32-34(23,24)25/h6-7,9-10,13,21-22H,2-5H2,1H3,(H,16,19)(H,26,27)(H,28,29)(H2,15,17,18)(H2,23,24,25)/p-4. The van der Waals surface area contributed by atoms with Gasteiger partial charge in [0.25, 0.3) is 15.6 Å². The van der Waals surface area contributed by atoms with Crippen LogP contribution in [0.25, 0.3) is 11.2 Å². The Labute approximate surface area is 202 Å². The molecule has 2 aromatic heterocycles. The van der Waals surface area contributed by atoms with Crippen molar-refractivity contribution in [3.8, 4) is 0 Å². The van der Waals surface area contributed by atoms with Gasteiger partial charge in [0, 0.05) is 6.54 Å². The number of phosphoric acid groups is 3. The number of nitrogens with two attached hydrogens (primary N) is 1. The van der Waals surface area contributed by atoms with Crippen molar-refractivity contribution in [1.29, 1.82) is 0 Å². The molecule has 3 heterocycles. The first-order chi connectivity index (χ1) is 16.6. The predicted molar refractivity (Wildman–Crippen MR) is 110 cm³/mol. The average molecular weight is 574 g/mol. The summed E-state index contributed by atoms with van der Waals surface area (Å²) in [5.74, 6) is 0.157. The van der Waals surface area contributed by atoms with Crippen LogP contribution in [-0.4, -0.2) is 61.2 Å². The van der Waals surface area contributed by atoms with Gasteiger partial charge in [-0.2, -0.15) is 0 Å². The van der Waals surface area contributed by atoms with Crippen molar-refractivity contribution in [2.75, 3.05) is 24.2 Å². The zero-order valence-electron chi connectivity index (χ0n) is 18.3. The molecule has 6 atom stereocenters. The number of nitrogens with one attached hydrogen (secondary N) is 1. The number of ether oxygens (including phenoxy) is 1. The highest BCUT2D eigenvalue weighted by atomic mass is 31.3. The lowest BCUT2D eigenvalue weighted by Crippen LogP contribution is -2.34. The van der Waals surface area contributed by atoms with E-state index < -0.39 is 54.6 Å². The monoisotopic (exact) mass is 574 g/mol. The van der Waals surface area contributed by atoms with Crippen molar-refractivity contribution in [3.63, 3.8) is 0 Å². The maximum Gasteiger partial charge on any atom is 0.278 e. The Morgan fingerprint density at radius 3 is 2.47 bits per heavy atom. The lowest BCUT2D eigenvalue weighted by molar-refractivity contribution is -0.339. The van der Waals surface area contributed by atoms with E-state index in [0.29, 0.717) is 6.54 Å². The Balaban J connectivity index is 1.79. The molecule has 5 N–H and O–H groups in total. The molecule has 0 spiro atoms. The first kappa shape index (κ1) is 29.0. The summed E-state index contributed by atoms with van der Waals surface area (Å²) in [6.45, 7) is 1.32. The summed E-state index contributed by atoms with van der Waals surface area (Å²) < 4.78 is 51.1. The Kier molecular flexibility index (Phi) is 8.90. The van der Waals surface area contributed by atoms with Gasteiger partial charge < -0.3 is 54.7 Å². The molecular weight excluding hydrogens is 553 g/mol. The number of aliphatic hydroxyl groups excluding tert-OH is 2. The Hall–Kier alpha value is -1.56. The normalized spacial score (nSPS) is 26.1. The van der Waals surface area contributed by atoms with Gasteiger partial charge in [-0.25, -0.2) is 19.3 Å². The molecule has 0 bridgehead atoms. The van der Waals surface area contributed by atoms with Crippen LogP contribution >= 0.6 is 23.5 Å². The van der Waals surface area contributed by atoms with Gasteiger partial charge in [0.05, 0.1) is 14.4 Å². The molecule has 36 heavy (non-hydrogen) atoms. The zero-order chi connectivity index (χ0) is 26.9. The van der Waals surface area contributed by atoms with Crippen molar-refractivity contribution >= 4 is 46.4 Å². The number of unbranched alkanes of at least 4 members (excludes halogenated alkanes) is 1. The summed E-state index contributed by atoms with van der Waals surface area (Å²) in [6.07, 6.45) is -3.72. The van der Waals surface area contributed by atoms with Gasteiger partial charge in [0.15, 0.2) is 23.2 Å². The molecule has 204 valence electrons. The summed E-state index contributed by atoms with van der Waals surface area (Å²) in [7, 11) is -18.2. The molecule has 19 nitrogen and oxygen atoms in total. The van der Waals surface area contributed by atoms with E-state index in [-0.39, 0.29) is 22.9 Å². The molecule has 1 fully saturated rings. The molecule has 0 saturated carbocycles. The van der Waals surface area contributed by atoms with Crippen LogP contribution in [0.15, 0.2) is 6.33 Å². The SMILES string of the molecule is CCCCNc1nc2c(N)ncnc2n1C1OC(COP(=O)([O-])OP(=O)([O-])OP(=O)([O-])[O-])C(O)C1O. The number of anilines is 2. The number of hydrogen-bond donors (Lipinski definition) is 4. The smallest absolute Gasteiger partial charge is 0.278 e. The van der Waals surface area contributed by atoms with E-state index in [1.54, 1.807) is 0 Å². The number of aliphatic hydroxyl groups is 2. The second-order valence-electron chi connectivity index (χ2n) is 7.36. The molecule has 1 aliphatic rings. The number of rotatable bonds is 12. The van der Waals surface area contributed by atoms with Crippen LogP contribution in [0.2, 0.25) is 0 Å². The van der Waals surface area contributed by atoms with Crippen LogP contribution in [0.1, 0.15) is 26.0 Å². The summed E-state index contributed by atoms with van der Waals surface area (Å²) in [5, 5.41) is 24.0. The van der Waals surface area contributed by atoms with Gasteiger partial charge in [-0.1, -0.05) is 13.3 Å². The van der Waals surface area contributed by atoms with Crippen LogP contribution in [-0.2, 0) is 31.6 Å². The summed E-state index contributed by atoms with van der Waals surface area (Å²) in [5.41, 5.74) is 6.11. The number of phosphoric ester groups is 1. The average Bonchev–Trinajstić information content (AvgIpc) is 3.22. The Morgan fingerprint density at radius 2 is 1.83 bits per heavy atom. The molecule has 2 aromatic rings. The number of hydrogen-bond acceptors (Lipinski definition) is 18. The topological polar surface area (TPSA) is 302 Å². The molecule has 0 radical (unpaired) electrons. The van der Waals surface area contributed by atoms with Crippen LogP contribution < -0.4 is 30.6 Å². The molecule has 3 rings (SSSR count). The van der Waals surface area contributed by atoms with Crippen molar-refractivity contribution < 1.29 is 61.4 Å². The quantitative estimate of drug-likeness (QED) is 0.145. The molecule has 0 aromatic carbocycles. The van der Waals surface area contributed by atoms with Crippen molar-refractivity contribution in [3.05, 3.63) is 6.33 Å². The fourth-order valence-corrected chi connectivity index (χ4v) is 6.06. The fraction of sp³-hybridized carbons (Fsp3) is 0.643. The second kappa shape index (κ2) is 11.0. The second-order valence-corrected chi connectivity index (χ2v) is 11.6. The lowest BCUT2D eigenvalue weighted by atomic mass is 10.1. The van der Waals surface area contributed by atoms with E-state index in [1.807, 2.05) is 6.92 Å². The largest absolute Gasteiger partial charge is 0.790 e. The third-order valence-corrected chi connectivity index (χ3v) is 8.37. The van der Waals surface area contributed by atoms with Gasteiger partial charge >= 0.3 is 0 Å². The van der Waals surface area contributed by atoms with E-state index in [2.05, 4.69) is 33.4 Å². The number of fused-ring (bicyclic) bond motifs is 1. The highest BCUT2D eigenvalue weighted by Gasteiger charge is 2.46. The van der Waals surface area contributed by atoms with Crippen molar-refractivity contribution in [2.45, 2.75) is 44.3 Å². The van der Waals surface area contributed by atoms with Crippen LogP contribution in [0.5, 0.6) is 0 Å². The van der Waals surface area contributed by atoms with E-state index in [1.165, 1.54) is 4.57 Å². The van der Waals surface area contributed by atoms with Crippen molar-refractivity contribution in [2.24, 2.45) is 0 Å². The van der Waals surface area contributed by atoms with Gasteiger partial charge in [-0.3, -0.25) is 18.0 Å². The van der Waals surface area contributed by atoms with Crippen LogP contribution in [0.4, 0.5) is 11.8 Å². The molecule has 6 unspecified atom stereocenters. The summed E-state index contributed by atoms with van der Waals surface area (Å²) >= 11 is 0. The van der Waals surface area contributed by atoms with Crippen molar-refractivity contribution in [1.82, 2.24) is 19.5 Å². The molecule has 1 saturated heterocycles. The fourth-order valence-electron chi connectivity index (χ4n) is 3.20.